The summed E-state index contributed by atoms with van der Waals surface area (Å²) in [5, 5.41) is 4.94. The highest BCUT2D eigenvalue weighted by Gasteiger charge is 2.23. The number of ether oxygens (including phenoxy) is 2. The highest BCUT2D eigenvalue weighted by Crippen LogP contribution is 2.45. The minimum atomic E-state index is 0.451. The van der Waals surface area contributed by atoms with E-state index in [1.165, 1.54) is 77.2 Å². The van der Waals surface area contributed by atoms with Gasteiger partial charge in [-0.25, -0.2) is 0 Å². The molecule has 6 rings (SSSR count). The summed E-state index contributed by atoms with van der Waals surface area (Å²) in [6, 6.07) is 35.6. The molecule has 2 heteroatoms. The maximum Gasteiger partial charge on any atom is 0.127 e. The third-order valence-electron chi connectivity index (χ3n) is 10.9. The largest absolute Gasteiger partial charge is 0.496 e. The van der Waals surface area contributed by atoms with Crippen molar-refractivity contribution in [1.29, 1.82) is 0 Å². The van der Waals surface area contributed by atoms with Crippen LogP contribution in [0, 0.1) is 0 Å². The van der Waals surface area contributed by atoms with Gasteiger partial charge in [0.1, 0.15) is 11.5 Å². The van der Waals surface area contributed by atoms with Crippen LogP contribution in [0.2, 0.25) is 0 Å². The Kier molecular flexibility index (Phi) is 13.0. The van der Waals surface area contributed by atoms with E-state index in [1.54, 1.807) is 14.2 Å². The minimum absolute atomic E-state index is 0.451. The summed E-state index contributed by atoms with van der Waals surface area (Å²) in [6.45, 7) is 27.4. The summed E-state index contributed by atoms with van der Waals surface area (Å²) in [6.07, 6.45) is 0. The summed E-state index contributed by atoms with van der Waals surface area (Å²) in [5.41, 5.74) is 13.6. The quantitative estimate of drug-likeness (QED) is 0.140. The second kappa shape index (κ2) is 17.3. The lowest BCUT2D eigenvalue weighted by molar-refractivity contribution is 0.417. The number of benzene rings is 6. The summed E-state index contributed by atoms with van der Waals surface area (Å²) in [5.74, 6) is 4.75. The smallest absolute Gasteiger partial charge is 0.127 e. The van der Waals surface area contributed by atoms with Gasteiger partial charge in [0.25, 0.3) is 0 Å². The molecule has 0 radical (unpaired) electrons. The number of hydrogen-bond donors (Lipinski definition) is 0. The molecule has 0 heterocycles. The predicted molar refractivity (Wildman–Crippen MR) is 236 cm³/mol. The monoisotopic (exact) mass is 720 g/mol. The average Bonchev–Trinajstić information content (AvgIpc) is 3.15. The molecule has 0 aliphatic heterocycles. The van der Waals surface area contributed by atoms with Gasteiger partial charge in [0.05, 0.1) is 14.2 Å². The fourth-order valence-electron chi connectivity index (χ4n) is 7.70. The molecular formula is C52H64O2. The van der Waals surface area contributed by atoms with Crippen molar-refractivity contribution < 1.29 is 9.47 Å². The van der Waals surface area contributed by atoms with Crippen molar-refractivity contribution in [3.63, 3.8) is 0 Å². The molecule has 284 valence electrons. The standard InChI is InChI=1S/2C26H32O/c2*1-16(2)21-13-22(17(3)4)26(23(14-21)18(5)6)24-12-19-10-8-9-11-20(19)15-25(24)27-7/h2*8-18H,1-7H3. The van der Waals surface area contributed by atoms with Crippen LogP contribution in [-0.2, 0) is 0 Å². The van der Waals surface area contributed by atoms with Crippen LogP contribution < -0.4 is 9.47 Å². The van der Waals surface area contributed by atoms with Crippen molar-refractivity contribution >= 4 is 21.5 Å². The van der Waals surface area contributed by atoms with Crippen molar-refractivity contribution in [2.24, 2.45) is 0 Å². The van der Waals surface area contributed by atoms with Gasteiger partial charge in [-0.3, -0.25) is 0 Å². The van der Waals surface area contributed by atoms with E-state index < -0.39 is 0 Å². The van der Waals surface area contributed by atoms with Crippen LogP contribution in [0.1, 0.15) is 152 Å². The Morgan fingerprint density at radius 1 is 0.333 bits per heavy atom. The van der Waals surface area contributed by atoms with Gasteiger partial charge in [-0.15, -0.1) is 0 Å². The molecule has 2 nitrogen and oxygen atoms in total. The van der Waals surface area contributed by atoms with Crippen LogP contribution in [0.15, 0.2) is 97.1 Å². The molecule has 0 amide bonds. The summed E-state index contributed by atoms with van der Waals surface area (Å²) in [7, 11) is 3.56. The molecule has 0 saturated heterocycles. The lowest BCUT2D eigenvalue weighted by Gasteiger charge is -2.24. The summed E-state index contributed by atoms with van der Waals surface area (Å²) < 4.78 is 11.7. The van der Waals surface area contributed by atoms with Crippen molar-refractivity contribution in [3.8, 4) is 33.8 Å². The Bertz CT molecular complexity index is 2000. The van der Waals surface area contributed by atoms with E-state index in [1.807, 2.05) is 0 Å². The highest BCUT2D eigenvalue weighted by atomic mass is 16.5. The maximum absolute atomic E-state index is 5.86. The Morgan fingerprint density at radius 2 is 0.593 bits per heavy atom. The Balaban J connectivity index is 0.000000208. The average molecular weight is 721 g/mol. The molecule has 0 spiro atoms. The maximum atomic E-state index is 5.86. The zero-order chi connectivity index (χ0) is 39.4. The van der Waals surface area contributed by atoms with Gasteiger partial charge in [0.2, 0.25) is 0 Å². The fraction of sp³-hybridized carbons (Fsp3) is 0.385. The van der Waals surface area contributed by atoms with E-state index in [-0.39, 0.29) is 0 Å². The number of methoxy groups -OCH3 is 2. The van der Waals surface area contributed by atoms with E-state index >= 15 is 0 Å². The molecule has 0 fully saturated rings. The molecule has 54 heavy (non-hydrogen) atoms. The van der Waals surface area contributed by atoms with Gasteiger partial charge in [0.15, 0.2) is 0 Å². The second-order valence-corrected chi connectivity index (χ2v) is 16.9. The first-order valence-corrected chi connectivity index (χ1v) is 20.2. The first-order chi connectivity index (χ1) is 25.7. The van der Waals surface area contributed by atoms with Gasteiger partial charge in [-0.1, -0.05) is 156 Å². The van der Waals surface area contributed by atoms with Crippen molar-refractivity contribution in [1.82, 2.24) is 0 Å². The number of rotatable bonds is 10. The van der Waals surface area contributed by atoms with Gasteiger partial charge in [-0.2, -0.15) is 0 Å². The van der Waals surface area contributed by atoms with E-state index in [0.717, 1.165) is 11.5 Å². The predicted octanol–water partition coefficient (Wildman–Crippen LogP) is 15.8. The van der Waals surface area contributed by atoms with Gasteiger partial charge >= 0.3 is 0 Å². The van der Waals surface area contributed by atoms with Crippen LogP contribution in [0.4, 0.5) is 0 Å². The topological polar surface area (TPSA) is 18.5 Å². The van der Waals surface area contributed by atoms with Gasteiger partial charge in [-0.05, 0) is 126 Å². The van der Waals surface area contributed by atoms with Gasteiger partial charge < -0.3 is 9.47 Å². The van der Waals surface area contributed by atoms with E-state index in [9.17, 15) is 0 Å². The lowest BCUT2D eigenvalue weighted by Crippen LogP contribution is -2.04. The normalized spacial score (nSPS) is 11.8. The first-order valence-electron chi connectivity index (χ1n) is 20.2. The van der Waals surface area contributed by atoms with E-state index in [2.05, 4.69) is 180 Å². The zero-order valence-corrected chi connectivity index (χ0v) is 35.5. The van der Waals surface area contributed by atoms with E-state index in [4.69, 9.17) is 9.47 Å². The van der Waals surface area contributed by atoms with Crippen molar-refractivity contribution in [2.75, 3.05) is 14.2 Å². The third kappa shape index (κ3) is 8.54. The molecule has 0 aliphatic rings. The van der Waals surface area contributed by atoms with Gasteiger partial charge in [0, 0.05) is 11.1 Å². The fourth-order valence-corrected chi connectivity index (χ4v) is 7.70. The number of hydrogen-bond acceptors (Lipinski definition) is 2. The van der Waals surface area contributed by atoms with Crippen LogP contribution in [0.5, 0.6) is 11.5 Å². The van der Waals surface area contributed by atoms with Crippen LogP contribution in [0.25, 0.3) is 43.8 Å². The highest BCUT2D eigenvalue weighted by molar-refractivity contribution is 5.93. The van der Waals surface area contributed by atoms with Crippen molar-refractivity contribution in [2.45, 2.75) is 119 Å². The molecule has 0 unspecified atom stereocenters. The van der Waals surface area contributed by atoms with Crippen molar-refractivity contribution in [3.05, 3.63) is 130 Å². The Labute approximate surface area is 326 Å². The Morgan fingerprint density at radius 3 is 0.815 bits per heavy atom. The molecule has 0 saturated carbocycles. The first kappa shape index (κ1) is 40.6. The lowest BCUT2D eigenvalue weighted by atomic mass is 9.81. The minimum Gasteiger partial charge on any atom is -0.496 e. The summed E-state index contributed by atoms with van der Waals surface area (Å²) >= 11 is 0. The molecule has 0 aliphatic carbocycles. The molecule has 0 N–H and O–H groups in total. The molecule has 0 aromatic heterocycles. The zero-order valence-electron chi connectivity index (χ0n) is 35.5. The third-order valence-corrected chi connectivity index (χ3v) is 10.9. The number of fused-ring (bicyclic) bond motifs is 2. The Hall–Kier alpha value is -4.56. The molecule has 0 atom stereocenters. The molecule has 6 aromatic carbocycles. The van der Waals surface area contributed by atoms with Crippen LogP contribution in [0.3, 0.4) is 0 Å². The molecular weight excluding hydrogens is 657 g/mol. The second-order valence-electron chi connectivity index (χ2n) is 16.9. The van der Waals surface area contributed by atoms with Crippen LogP contribution in [-0.4, -0.2) is 14.2 Å². The SMILES string of the molecule is COc1cc2ccccc2cc1-c1c(C(C)C)cc(C(C)C)cc1C(C)C.COc1cc2ccccc2cc1-c1c(C(C)C)cc(C(C)C)cc1C(C)C. The van der Waals surface area contributed by atoms with E-state index in [0.29, 0.717) is 35.5 Å². The van der Waals surface area contributed by atoms with Crippen LogP contribution >= 0.6 is 0 Å². The molecule has 0 bridgehead atoms. The summed E-state index contributed by atoms with van der Waals surface area (Å²) in [4.78, 5) is 0. The molecule has 6 aromatic rings.